The Bertz CT molecular complexity index is 801. The molecule has 0 amide bonds. The molecule has 0 bridgehead atoms. The number of hydrogen-bond acceptors (Lipinski definition) is 6. The molecule has 3 aromatic rings. The number of fused-ring (bicyclic) bond motifs is 1. The second kappa shape index (κ2) is 5.88. The Labute approximate surface area is 127 Å². The summed E-state index contributed by atoms with van der Waals surface area (Å²) >= 11 is 0. The van der Waals surface area contributed by atoms with E-state index < -0.39 is 0 Å². The molecule has 3 rings (SSSR count). The zero-order chi connectivity index (χ0) is 15.5. The monoisotopic (exact) mass is 300 g/mol. The van der Waals surface area contributed by atoms with Crippen LogP contribution in [0.3, 0.4) is 0 Å². The fourth-order valence-corrected chi connectivity index (χ4v) is 2.12. The molecule has 7 heteroatoms. The van der Waals surface area contributed by atoms with Crippen LogP contribution >= 0.6 is 0 Å². The van der Waals surface area contributed by atoms with Crippen LogP contribution in [0.1, 0.15) is 6.92 Å². The number of rotatable bonds is 5. The van der Waals surface area contributed by atoms with Crippen LogP contribution in [0.2, 0.25) is 0 Å². The van der Waals surface area contributed by atoms with E-state index >= 15 is 0 Å². The molecule has 0 aliphatic rings. The molecule has 114 valence electrons. The first-order valence-corrected chi connectivity index (χ1v) is 6.83. The number of H-pyrrole nitrogens is 1. The van der Waals surface area contributed by atoms with Crippen molar-refractivity contribution in [3.63, 3.8) is 0 Å². The van der Waals surface area contributed by atoms with Gasteiger partial charge in [0.25, 0.3) is 0 Å². The minimum Gasteiger partial charge on any atom is -0.497 e. The number of aromatic nitrogens is 4. The van der Waals surface area contributed by atoms with E-state index in [4.69, 9.17) is 14.2 Å². The predicted octanol–water partition coefficient (Wildman–Crippen LogP) is 2.44. The predicted molar refractivity (Wildman–Crippen MR) is 81.4 cm³/mol. The largest absolute Gasteiger partial charge is 0.497 e. The molecule has 0 unspecified atom stereocenters. The van der Waals surface area contributed by atoms with Crippen molar-refractivity contribution in [1.82, 2.24) is 19.9 Å². The summed E-state index contributed by atoms with van der Waals surface area (Å²) < 4.78 is 16.0. The maximum atomic E-state index is 5.66. The number of nitrogens with zero attached hydrogens (tertiary/aromatic N) is 3. The molecule has 2 aromatic heterocycles. The maximum Gasteiger partial charge on any atom is 0.318 e. The van der Waals surface area contributed by atoms with E-state index in [1.54, 1.807) is 13.3 Å². The summed E-state index contributed by atoms with van der Waals surface area (Å²) in [5, 5.41) is 0. The van der Waals surface area contributed by atoms with E-state index in [2.05, 4.69) is 19.9 Å². The lowest BCUT2D eigenvalue weighted by atomic mass is 10.2. The van der Waals surface area contributed by atoms with E-state index in [0.29, 0.717) is 29.6 Å². The van der Waals surface area contributed by atoms with Crippen LogP contribution in [0, 0.1) is 0 Å². The minimum atomic E-state index is 0.290. The highest BCUT2D eigenvalue weighted by molar-refractivity contribution is 5.77. The Morgan fingerprint density at radius 1 is 1.14 bits per heavy atom. The summed E-state index contributed by atoms with van der Waals surface area (Å²) in [6.07, 6.45) is 1.61. The third kappa shape index (κ3) is 2.52. The van der Waals surface area contributed by atoms with Crippen LogP contribution in [0.15, 0.2) is 24.4 Å². The van der Waals surface area contributed by atoms with Gasteiger partial charge >= 0.3 is 6.01 Å². The summed E-state index contributed by atoms with van der Waals surface area (Å²) in [5.41, 5.74) is 2.06. The molecule has 0 fully saturated rings. The fraction of sp³-hybridized carbons (Fsp3) is 0.267. The van der Waals surface area contributed by atoms with Crippen LogP contribution in [-0.4, -0.2) is 40.8 Å². The van der Waals surface area contributed by atoms with E-state index in [1.165, 1.54) is 7.11 Å². The van der Waals surface area contributed by atoms with Crippen molar-refractivity contribution in [3.8, 4) is 28.9 Å². The van der Waals surface area contributed by atoms with Gasteiger partial charge in [-0.25, -0.2) is 9.97 Å². The molecule has 0 saturated carbocycles. The lowest BCUT2D eigenvalue weighted by Gasteiger charge is -2.09. The maximum absolute atomic E-state index is 5.66. The number of benzene rings is 1. The molecule has 0 aliphatic carbocycles. The average molecular weight is 300 g/mol. The van der Waals surface area contributed by atoms with Gasteiger partial charge in [-0.2, -0.15) is 4.98 Å². The highest BCUT2D eigenvalue weighted by Crippen LogP contribution is 2.32. The van der Waals surface area contributed by atoms with E-state index in [9.17, 15) is 0 Å². The number of ether oxygens (including phenoxy) is 3. The standard InChI is InChI=1S/C15H16N4O3/c1-4-22-12-6-5-9(20-2)7-10(12)13-17-11-8-16-15(21-3)19-14(11)18-13/h5-8H,4H2,1-3H3,(H,16,17,18,19). The highest BCUT2D eigenvalue weighted by atomic mass is 16.5. The smallest absolute Gasteiger partial charge is 0.318 e. The Kier molecular flexibility index (Phi) is 3.78. The second-order valence-corrected chi connectivity index (χ2v) is 4.47. The van der Waals surface area contributed by atoms with Crippen LogP contribution < -0.4 is 14.2 Å². The second-order valence-electron chi connectivity index (χ2n) is 4.47. The van der Waals surface area contributed by atoms with Gasteiger partial charge in [0.05, 0.1) is 32.6 Å². The first-order valence-electron chi connectivity index (χ1n) is 6.83. The van der Waals surface area contributed by atoms with E-state index in [0.717, 1.165) is 17.1 Å². The quantitative estimate of drug-likeness (QED) is 0.779. The van der Waals surface area contributed by atoms with Gasteiger partial charge in [-0.1, -0.05) is 0 Å². The van der Waals surface area contributed by atoms with Crippen LogP contribution in [0.4, 0.5) is 0 Å². The zero-order valence-corrected chi connectivity index (χ0v) is 12.6. The summed E-state index contributed by atoms with van der Waals surface area (Å²) in [6.45, 7) is 2.50. The van der Waals surface area contributed by atoms with Crippen molar-refractivity contribution in [2.45, 2.75) is 6.92 Å². The lowest BCUT2D eigenvalue weighted by molar-refractivity contribution is 0.340. The minimum absolute atomic E-state index is 0.290. The molecule has 0 aliphatic heterocycles. The Hall–Kier alpha value is -2.83. The highest BCUT2D eigenvalue weighted by Gasteiger charge is 2.14. The molecule has 22 heavy (non-hydrogen) atoms. The van der Waals surface area contributed by atoms with Gasteiger partial charge < -0.3 is 19.2 Å². The summed E-state index contributed by atoms with van der Waals surface area (Å²) in [7, 11) is 3.14. The number of nitrogens with one attached hydrogen (secondary N) is 1. The van der Waals surface area contributed by atoms with Crippen molar-refractivity contribution in [1.29, 1.82) is 0 Å². The van der Waals surface area contributed by atoms with Gasteiger partial charge in [-0.3, -0.25) is 0 Å². The molecule has 7 nitrogen and oxygen atoms in total. The molecule has 0 radical (unpaired) electrons. The number of hydrogen-bond donors (Lipinski definition) is 1. The molecular formula is C15H16N4O3. The topological polar surface area (TPSA) is 82.2 Å². The van der Waals surface area contributed by atoms with Crippen LogP contribution in [0.25, 0.3) is 22.6 Å². The Balaban J connectivity index is 2.12. The van der Waals surface area contributed by atoms with Gasteiger partial charge in [-0.15, -0.1) is 0 Å². The Morgan fingerprint density at radius 2 is 2.00 bits per heavy atom. The average Bonchev–Trinajstić information content (AvgIpc) is 2.98. The normalized spacial score (nSPS) is 10.7. The van der Waals surface area contributed by atoms with Gasteiger partial charge in [0.2, 0.25) is 0 Å². The molecule has 0 spiro atoms. The van der Waals surface area contributed by atoms with Crippen molar-refractivity contribution in [3.05, 3.63) is 24.4 Å². The number of aromatic amines is 1. The molecule has 0 atom stereocenters. The molecule has 0 saturated heterocycles. The molecular weight excluding hydrogens is 284 g/mol. The van der Waals surface area contributed by atoms with Crippen LogP contribution in [0.5, 0.6) is 17.5 Å². The van der Waals surface area contributed by atoms with Gasteiger partial charge in [0.1, 0.15) is 22.8 Å². The van der Waals surface area contributed by atoms with Crippen molar-refractivity contribution < 1.29 is 14.2 Å². The molecule has 1 N–H and O–H groups in total. The third-order valence-corrected chi connectivity index (χ3v) is 3.14. The molecule has 2 heterocycles. The van der Waals surface area contributed by atoms with Crippen molar-refractivity contribution >= 4 is 11.2 Å². The zero-order valence-electron chi connectivity index (χ0n) is 12.6. The fourth-order valence-electron chi connectivity index (χ4n) is 2.12. The van der Waals surface area contributed by atoms with Gasteiger partial charge in [0.15, 0.2) is 5.65 Å². The first-order chi connectivity index (χ1) is 10.7. The van der Waals surface area contributed by atoms with Crippen molar-refractivity contribution in [2.75, 3.05) is 20.8 Å². The Morgan fingerprint density at radius 3 is 2.73 bits per heavy atom. The SMILES string of the molecule is CCOc1ccc(OC)cc1-c1nc2cnc(OC)nc2[nH]1. The van der Waals surface area contributed by atoms with Crippen LogP contribution in [-0.2, 0) is 0 Å². The van der Waals surface area contributed by atoms with Gasteiger partial charge in [0, 0.05) is 0 Å². The first kappa shape index (κ1) is 14.1. The lowest BCUT2D eigenvalue weighted by Crippen LogP contribution is -1.95. The molecule has 1 aromatic carbocycles. The summed E-state index contributed by atoms with van der Waals surface area (Å²) in [6, 6.07) is 5.86. The third-order valence-electron chi connectivity index (χ3n) is 3.14. The van der Waals surface area contributed by atoms with Gasteiger partial charge in [-0.05, 0) is 25.1 Å². The summed E-state index contributed by atoms with van der Waals surface area (Å²) in [5.74, 6) is 2.09. The number of methoxy groups -OCH3 is 2. The van der Waals surface area contributed by atoms with E-state index in [-0.39, 0.29) is 0 Å². The van der Waals surface area contributed by atoms with E-state index in [1.807, 2.05) is 25.1 Å². The van der Waals surface area contributed by atoms with Crippen molar-refractivity contribution in [2.24, 2.45) is 0 Å². The number of imidazole rings is 1. The summed E-state index contributed by atoms with van der Waals surface area (Å²) in [4.78, 5) is 16.0.